The van der Waals surface area contributed by atoms with E-state index in [-0.39, 0.29) is 0 Å². The molecule has 5 nitrogen and oxygen atoms in total. The van der Waals surface area contributed by atoms with Crippen molar-refractivity contribution in [3.8, 4) is 5.75 Å². The second-order valence-electron chi connectivity index (χ2n) is 5.04. The molecule has 108 valence electrons. The van der Waals surface area contributed by atoms with Crippen molar-refractivity contribution in [3.05, 3.63) is 47.3 Å². The summed E-state index contributed by atoms with van der Waals surface area (Å²) in [5.41, 5.74) is 9.23. The Kier molecular flexibility index (Phi) is 4.76. The molecule has 0 spiro atoms. The van der Waals surface area contributed by atoms with Crippen LogP contribution in [-0.2, 0) is 26.7 Å². The Morgan fingerprint density at radius 3 is 2.65 bits per heavy atom. The maximum atomic E-state index is 5.75. The average molecular weight is 274 g/mol. The van der Waals surface area contributed by atoms with Gasteiger partial charge in [0.2, 0.25) is 0 Å². The maximum Gasteiger partial charge on any atom is 0.123 e. The summed E-state index contributed by atoms with van der Waals surface area (Å²) in [4.78, 5) is 2.25. The Hall–Kier alpha value is -1.85. The highest BCUT2D eigenvalue weighted by Gasteiger charge is 2.06. The summed E-state index contributed by atoms with van der Waals surface area (Å²) in [6.07, 6.45) is 3.94. The van der Waals surface area contributed by atoms with Crippen LogP contribution in [0, 0.1) is 0 Å². The normalized spacial score (nSPS) is 11.1. The van der Waals surface area contributed by atoms with E-state index in [0.29, 0.717) is 6.54 Å². The van der Waals surface area contributed by atoms with Gasteiger partial charge in [0.1, 0.15) is 5.75 Å². The van der Waals surface area contributed by atoms with Gasteiger partial charge in [-0.15, -0.1) is 0 Å². The summed E-state index contributed by atoms with van der Waals surface area (Å²) in [6, 6.07) is 6.17. The standard InChI is InChI=1S/C15H22N4O/c1-18(10-13-8-17-19(2)11-13)9-12-4-5-15(20-3)14(6-12)7-16/h4-6,8,11H,7,9-10,16H2,1-3H3. The van der Waals surface area contributed by atoms with Gasteiger partial charge in [-0.05, 0) is 24.7 Å². The third-order valence-corrected chi connectivity index (χ3v) is 3.23. The third kappa shape index (κ3) is 3.59. The number of aryl methyl sites for hydroxylation is 1. The molecule has 1 aromatic heterocycles. The summed E-state index contributed by atoms with van der Waals surface area (Å²) in [6.45, 7) is 2.23. The van der Waals surface area contributed by atoms with Crippen LogP contribution >= 0.6 is 0 Å². The third-order valence-electron chi connectivity index (χ3n) is 3.23. The van der Waals surface area contributed by atoms with E-state index in [1.807, 2.05) is 30.2 Å². The van der Waals surface area contributed by atoms with Crippen molar-refractivity contribution >= 4 is 0 Å². The van der Waals surface area contributed by atoms with Gasteiger partial charge in [0.25, 0.3) is 0 Å². The van der Waals surface area contributed by atoms with Crippen LogP contribution in [-0.4, -0.2) is 28.8 Å². The zero-order chi connectivity index (χ0) is 14.5. The fourth-order valence-corrected chi connectivity index (χ4v) is 2.32. The van der Waals surface area contributed by atoms with Gasteiger partial charge in [-0.25, -0.2) is 0 Å². The molecule has 2 rings (SSSR count). The minimum absolute atomic E-state index is 0.489. The number of rotatable bonds is 6. The molecule has 0 bridgehead atoms. The molecule has 1 aromatic carbocycles. The zero-order valence-corrected chi connectivity index (χ0v) is 12.3. The fraction of sp³-hybridized carbons (Fsp3) is 0.400. The lowest BCUT2D eigenvalue weighted by Crippen LogP contribution is -2.17. The van der Waals surface area contributed by atoms with Crippen molar-refractivity contribution in [3.63, 3.8) is 0 Å². The molecule has 0 aliphatic rings. The molecule has 0 aliphatic carbocycles. The van der Waals surface area contributed by atoms with E-state index in [2.05, 4.69) is 29.2 Å². The Morgan fingerprint density at radius 1 is 1.30 bits per heavy atom. The average Bonchev–Trinajstić information content (AvgIpc) is 2.83. The number of aromatic nitrogens is 2. The number of nitrogens with two attached hydrogens (primary N) is 1. The van der Waals surface area contributed by atoms with Crippen molar-refractivity contribution in [1.29, 1.82) is 0 Å². The summed E-state index contributed by atoms with van der Waals surface area (Å²) in [7, 11) is 5.70. The molecule has 0 aliphatic heterocycles. The van der Waals surface area contributed by atoms with Crippen LogP contribution in [0.5, 0.6) is 5.75 Å². The molecule has 0 radical (unpaired) electrons. The molecule has 0 unspecified atom stereocenters. The Balaban J connectivity index is 2.02. The number of benzene rings is 1. The van der Waals surface area contributed by atoms with Crippen LogP contribution in [0.25, 0.3) is 0 Å². The first-order valence-electron chi connectivity index (χ1n) is 6.64. The monoisotopic (exact) mass is 274 g/mol. The van der Waals surface area contributed by atoms with E-state index in [4.69, 9.17) is 10.5 Å². The highest BCUT2D eigenvalue weighted by molar-refractivity contribution is 5.37. The minimum Gasteiger partial charge on any atom is -0.496 e. The van der Waals surface area contributed by atoms with Crippen LogP contribution in [0.3, 0.4) is 0 Å². The number of hydrogen-bond donors (Lipinski definition) is 1. The highest BCUT2D eigenvalue weighted by atomic mass is 16.5. The molecule has 1 heterocycles. The first-order chi connectivity index (χ1) is 9.62. The number of methoxy groups -OCH3 is 1. The van der Waals surface area contributed by atoms with E-state index in [1.165, 1.54) is 11.1 Å². The molecular formula is C15H22N4O. The highest BCUT2D eigenvalue weighted by Crippen LogP contribution is 2.20. The second kappa shape index (κ2) is 6.54. The number of ether oxygens (including phenoxy) is 1. The molecule has 0 atom stereocenters. The van der Waals surface area contributed by atoms with Gasteiger partial charge in [-0.2, -0.15) is 5.10 Å². The molecule has 0 fully saturated rings. The zero-order valence-electron chi connectivity index (χ0n) is 12.3. The second-order valence-corrected chi connectivity index (χ2v) is 5.04. The molecular weight excluding hydrogens is 252 g/mol. The summed E-state index contributed by atoms with van der Waals surface area (Å²) in [5, 5.41) is 4.18. The molecule has 5 heteroatoms. The summed E-state index contributed by atoms with van der Waals surface area (Å²) >= 11 is 0. The van der Waals surface area contributed by atoms with Gasteiger partial charge in [-0.1, -0.05) is 6.07 Å². The Morgan fingerprint density at radius 2 is 2.05 bits per heavy atom. The first-order valence-corrected chi connectivity index (χ1v) is 6.64. The number of nitrogens with zero attached hydrogens (tertiary/aromatic N) is 3. The Labute approximate surface area is 119 Å². The van der Waals surface area contributed by atoms with Crippen LogP contribution in [0.4, 0.5) is 0 Å². The van der Waals surface area contributed by atoms with Crippen molar-refractivity contribution < 1.29 is 4.74 Å². The molecule has 0 saturated heterocycles. The summed E-state index contributed by atoms with van der Waals surface area (Å²) < 4.78 is 7.11. The topological polar surface area (TPSA) is 56.3 Å². The molecule has 2 aromatic rings. The lowest BCUT2D eigenvalue weighted by atomic mass is 10.1. The van der Waals surface area contributed by atoms with Crippen molar-refractivity contribution in [2.75, 3.05) is 14.2 Å². The summed E-state index contributed by atoms with van der Waals surface area (Å²) in [5.74, 6) is 0.853. The van der Waals surface area contributed by atoms with E-state index < -0.39 is 0 Å². The van der Waals surface area contributed by atoms with Gasteiger partial charge >= 0.3 is 0 Å². The lowest BCUT2D eigenvalue weighted by Gasteiger charge is -2.17. The van der Waals surface area contributed by atoms with Crippen molar-refractivity contribution in [1.82, 2.24) is 14.7 Å². The largest absolute Gasteiger partial charge is 0.496 e. The molecule has 0 saturated carbocycles. The van der Waals surface area contributed by atoms with E-state index in [9.17, 15) is 0 Å². The number of hydrogen-bond acceptors (Lipinski definition) is 4. The van der Waals surface area contributed by atoms with Crippen molar-refractivity contribution in [2.45, 2.75) is 19.6 Å². The first kappa shape index (κ1) is 14.6. The van der Waals surface area contributed by atoms with Gasteiger partial charge in [0.15, 0.2) is 0 Å². The molecule has 2 N–H and O–H groups in total. The maximum absolute atomic E-state index is 5.75. The smallest absolute Gasteiger partial charge is 0.123 e. The van der Waals surface area contributed by atoms with Gasteiger partial charge in [0.05, 0.1) is 13.3 Å². The fourth-order valence-electron chi connectivity index (χ4n) is 2.32. The van der Waals surface area contributed by atoms with Crippen LogP contribution in [0.15, 0.2) is 30.6 Å². The lowest BCUT2D eigenvalue weighted by molar-refractivity contribution is 0.318. The predicted octanol–water partition coefficient (Wildman–Crippen LogP) is 1.52. The van der Waals surface area contributed by atoms with Crippen LogP contribution in [0.1, 0.15) is 16.7 Å². The van der Waals surface area contributed by atoms with E-state index in [0.717, 1.165) is 24.4 Å². The van der Waals surface area contributed by atoms with Crippen molar-refractivity contribution in [2.24, 2.45) is 12.8 Å². The minimum atomic E-state index is 0.489. The Bertz CT molecular complexity index is 565. The quantitative estimate of drug-likeness (QED) is 0.867. The molecule has 0 amide bonds. The predicted molar refractivity (Wildman–Crippen MR) is 79.3 cm³/mol. The SMILES string of the molecule is COc1ccc(CN(C)Cc2cnn(C)c2)cc1CN. The van der Waals surface area contributed by atoms with E-state index >= 15 is 0 Å². The van der Waals surface area contributed by atoms with Gasteiger partial charge in [0, 0.05) is 44.0 Å². The molecule has 20 heavy (non-hydrogen) atoms. The van der Waals surface area contributed by atoms with Gasteiger partial charge in [-0.3, -0.25) is 9.58 Å². The van der Waals surface area contributed by atoms with Gasteiger partial charge < -0.3 is 10.5 Å². The van der Waals surface area contributed by atoms with Crippen LogP contribution in [0.2, 0.25) is 0 Å². The van der Waals surface area contributed by atoms with Crippen LogP contribution < -0.4 is 10.5 Å². The van der Waals surface area contributed by atoms with E-state index in [1.54, 1.807) is 7.11 Å².